The lowest BCUT2D eigenvalue weighted by Crippen LogP contribution is -2.35. The van der Waals surface area contributed by atoms with Gasteiger partial charge in [-0.1, -0.05) is 36.1 Å². The van der Waals surface area contributed by atoms with Gasteiger partial charge in [-0.2, -0.15) is 0 Å². The first-order valence-corrected chi connectivity index (χ1v) is 10.2. The fourth-order valence-electron chi connectivity index (χ4n) is 2.35. The zero-order chi connectivity index (χ0) is 18.2. The van der Waals surface area contributed by atoms with Crippen LogP contribution in [0.1, 0.15) is 15.9 Å². The van der Waals surface area contributed by atoms with E-state index < -0.39 is 15.9 Å². The average molecular weight is 394 g/mol. The average Bonchev–Trinajstić information content (AvgIpc) is 3.02. The number of benzene rings is 1. The van der Waals surface area contributed by atoms with Gasteiger partial charge in [0.05, 0.1) is 16.7 Å². The SMILES string of the molecule is CN1C(=O)/C(=C/c2ccc(C(=O)N[C@H]3C=CS(=O)(=O)C3)cc2)SC1=S. The molecule has 0 unspecified atom stereocenters. The van der Waals surface area contributed by atoms with Crippen LogP contribution in [0.5, 0.6) is 0 Å². The number of sulfone groups is 1. The summed E-state index contributed by atoms with van der Waals surface area (Å²) in [6.45, 7) is 0. The molecule has 0 aliphatic carbocycles. The predicted molar refractivity (Wildman–Crippen MR) is 102 cm³/mol. The first kappa shape index (κ1) is 17.8. The number of carbonyl (C=O) groups is 2. The number of nitrogens with one attached hydrogen (secondary N) is 1. The molecule has 2 aliphatic rings. The van der Waals surface area contributed by atoms with Gasteiger partial charge in [0.2, 0.25) is 0 Å². The molecule has 2 amide bonds. The molecule has 1 N–H and O–H groups in total. The molecule has 25 heavy (non-hydrogen) atoms. The van der Waals surface area contributed by atoms with Crippen molar-refractivity contribution in [1.82, 2.24) is 10.2 Å². The normalized spacial score (nSPS) is 23.5. The third kappa shape index (κ3) is 4.00. The standard InChI is InChI=1S/C16H14N2O4S3/c1-18-15(20)13(24-16(18)23)8-10-2-4-11(5-3-10)14(19)17-12-6-7-25(21,22)9-12/h2-8,12H,9H2,1H3,(H,17,19)/b13-8-/t12-/m0/s1. The first-order chi connectivity index (χ1) is 11.7. The third-order valence-corrected chi connectivity index (χ3v) is 6.58. The van der Waals surface area contributed by atoms with E-state index in [-0.39, 0.29) is 17.6 Å². The molecule has 0 bridgehead atoms. The van der Waals surface area contributed by atoms with Crippen molar-refractivity contribution < 1.29 is 18.0 Å². The molecule has 1 fully saturated rings. The zero-order valence-electron chi connectivity index (χ0n) is 13.1. The van der Waals surface area contributed by atoms with Crippen LogP contribution in [0.25, 0.3) is 6.08 Å². The Labute approximate surface area is 154 Å². The molecule has 1 atom stereocenters. The molecule has 0 spiro atoms. The molecule has 2 aliphatic heterocycles. The molecule has 3 rings (SSSR count). The van der Waals surface area contributed by atoms with Gasteiger partial charge in [-0.15, -0.1) is 0 Å². The van der Waals surface area contributed by atoms with E-state index in [0.29, 0.717) is 14.8 Å². The topological polar surface area (TPSA) is 83.6 Å². The van der Waals surface area contributed by atoms with E-state index in [9.17, 15) is 18.0 Å². The van der Waals surface area contributed by atoms with Gasteiger partial charge < -0.3 is 5.32 Å². The fraction of sp³-hybridized carbons (Fsp3) is 0.188. The largest absolute Gasteiger partial charge is 0.345 e. The first-order valence-electron chi connectivity index (χ1n) is 7.29. The van der Waals surface area contributed by atoms with E-state index in [1.165, 1.54) is 22.7 Å². The van der Waals surface area contributed by atoms with Gasteiger partial charge in [0.15, 0.2) is 9.84 Å². The van der Waals surface area contributed by atoms with Crippen LogP contribution in [0.2, 0.25) is 0 Å². The minimum atomic E-state index is -3.21. The molecule has 6 nitrogen and oxygen atoms in total. The molecular weight excluding hydrogens is 380 g/mol. The van der Waals surface area contributed by atoms with E-state index in [2.05, 4.69) is 5.32 Å². The summed E-state index contributed by atoms with van der Waals surface area (Å²) in [7, 11) is -1.58. The highest BCUT2D eigenvalue weighted by atomic mass is 32.2. The number of nitrogens with zero attached hydrogens (tertiary/aromatic N) is 1. The summed E-state index contributed by atoms with van der Waals surface area (Å²) in [6.07, 6.45) is 3.19. The Morgan fingerprint density at radius 3 is 2.56 bits per heavy atom. The van der Waals surface area contributed by atoms with Gasteiger partial charge in [-0.05, 0) is 29.8 Å². The second-order valence-electron chi connectivity index (χ2n) is 5.60. The maximum atomic E-state index is 12.2. The molecule has 1 saturated heterocycles. The lowest BCUT2D eigenvalue weighted by molar-refractivity contribution is -0.121. The van der Waals surface area contributed by atoms with Crippen LogP contribution in [0.4, 0.5) is 0 Å². The van der Waals surface area contributed by atoms with Crippen molar-refractivity contribution in [2.45, 2.75) is 6.04 Å². The van der Waals surface area contributed by atoms with E-state index in [4.69, 9.17) is 12.2 Å². The molecule has 130 valence electrons. The number of carbonyl (C=O) groups excluding carboxylic acids is 2. The molecule has 1 aromatic carbocycles. The summed E-state index contributed by atoms with van der Waals surface area (Å²) < 4.78 is 23.2. The van der Waals surface area contributed by atoms with E-state index in [1.807, 2.05) is 0 Å². The van der Waals surface area contributed by atoms with Crippen LogP contribution in [0, 0.1) is 0 Å². The Balaban J connectivity index is 1.68. The lowest BCUT2D eigenvalue weighted by atomic mass is 10.1. The van der Waals surface area contributed by atoms with Crippen LogP contribution in [-0.2, 0) is 14.6 Å². The highest BCUT2D eigenvalue weighted by molar-refractivity contribution is 8.26. The highest BCUT2D eigenvalue weighted by Gasteiger charge is 2.28. The van der Waals surface area contributed by atoms with Gasteiger partial charge >= 0.3 is 0 Å². The van der Waals surface area contributed by atoms with Gasteiger partial charge in [-0.25, -0.2) is 8.42 Å². The monoisotopic (exact) mass is 394 g/mol. The van der Waals surface area contributed by atoms with Gasteiger partial charge in [0.25, 0.3) is 11.8 Å². The van der Waals surface area contributed by atoms with Crippen LogP contribution in [0.15, 0.2) is 40.7 Å². The Bertz CT molecular complexity index is 917. The number of thiocarbonyl (C=S) groups is 1. The molecule has 1 aromatic rings. The van der Waals surface area contributed by atoms with Gasteiger partial charge in [0.1, 0.15) is 4.32 Å². The van der Waals surface area contributed by atoms with Crippen LogP contribution < -0.4 is 5.32 Å². The summed E-state index contributed by atoms with van der Waals surface area (Å²) >= 11 is 6.31. The molecule has 0 saturated carbocycles. The Morgan fingerprint density at radius 1 is 1.36 bits per heavy atom. The van der Waals surface area contributed by atoms with Crippen molar-refractivity contribution in [3.05, 3.63) is 51.8 Å². The number of rotatable bonds is 3. The summed E-state index contributed by atoms with van der Waals surface area (Å²) in [5.41, 5.74) is 1.19. The maximum absolute atomic E-state index is 12.2. The quantitative estimate of drug-likeness (QED) is 0.619. The summed E-state index contributed by atoms with van der Waals surface area (Å²) in [6, 6.07) is 6.18. The van der Waals surface area contributed by atoms with Crippen molar-refractivity contribution >= 4 is 56.0 Å². The minimum absolute atomic E-state index is 0.115. The highest BCUT2D eigenvalue weighted by Crippen LogP contribution is 2.31. The Hall–Kier alpha value is -1.97. The summed E-state index contributed by atoms with van der Waals surface area (Å²) in [5, 5.41) is 3.78. The van der Waals surface area contributed by atoms with Crippen LogP contribution >= 0.6 is 24.0 Å². The number of thioether (sulfide) groups is 1. The lowest BCUT2D eigenvalue weighted by Gasteiger charge is -2.10. The molecule has 0 aromatic heterocycles. The Morgan fingerprint density at radius 2 is 2.04 bits per heavy atom. The molecule has 2 heterocycles. The van der Waals surface area contributed by atoms with E-state index in [1.54, 1.807) is 37.4 Å². The number of amides is 2. The van der Waals surface area contributed by atoms with E-state index in [0.717, 1.165) is 11.0 Å². The minimum Gasteiger partial charge on any atom is -0.345 e. The number of hydrogen-bond donors (Lipinski definition) is 1. The van der Waals surface area contributed by atoms with Crippen LogP contribution in [-0.4, -0.2) is 48.3 Å². The van der Waals surface area contributed by atoms with Gasteiger partial charge in [-0.3, -0.25) is 14.5 Å². The third-order valence-electron chi connectivity index (χ3n) is 3.70. The van der Waals surface area contributed by atoms with E-state index >= 15 is 0 Å². The van der Waals surface area contributed by atoms with Gasteiger partial charge in [0, 0.05) is 18.0 Å². The maximum Gasteiger partial charge on any atom is 0.265 e. The molecule has 0 radical (unpaired) electrons. The smallest absolute Gasteiger partial charge is 0.265 e. The van der Waals surface area contributed by atoms with Crippen molar-refractivity contribution in [3.63, 3.8) is 0 Å². The summed E-state index contributed by atoms with van der Waals surface area (Å²) in [4.78, 5) is 26.1. The fourth-order valence-corrected chi connectivity index (χ4v) is 4.76. The second kappa shape index (κ2) is 6.74. The van der Waals surface area contributed by atoms with Crippen molar-refractivity contribution in [2.75, 3.05) is 12.8 Å². The molecule has 9 heteroatoms. The van der Waals surface area contributed by atoms with Crippen molar-refractivity contribution in [3.8, 4) is 0 Å². The second-order valence-corrected chi connectivity index (χ2v) is 9.21. The van der Waals surface area contributed by atoms with Crippen molar-refractivity contribution in [2.24, 2.45) is 0 Å². The number of likely N-dealkylation sites (N-methyl/N-ethyl adjacent to an activating group) is 1. The van der Waals surface area contributed by atoms with Crippen LogP contribution in [0.3, 0.4) is 0 Å². The number of hydrogen-bond acceptors (Lipinski definition) is 6. The zero-order valence-corrected chi connectivity index (χ0v) is 15.6. The molecular formula is C16H14N2O4S3. The summed E-state index contributed by atoms with van der Waals surface area (Å²) in [5.74, 6) is -0.611. The predicted octanol–water partition coefficient (Wildman–Crippen LogP) is 1.56. The Kier molecular flexibility index (Phi) is 4.81. The van der Waals surface area contributed by atoms with Crippen molar-refractivity contribution in [1.29, 1.82) is 0 Å².